The van der Waals surface area contributed by atoms with Gasteiger partial charge >= 0.3 is 0 Å². The molecule has 122 valence electrons. The van der Waals surface area contributed by atoms with Crippen molar-refractivity contribution in [3.8, 4) is 22.6 Å². The first kappa shape index (κ1) is 15.0. The maximum absolute atomic E-state index is 11.7. The van der Waals surface area contributed by atoms with Gasteiger partial charge in [-0.1, -0.05) is 18.2 Å². The van der Waals surface area contributed by atoms with Crippen molar-refractivity contribution in [2.75, 3.05) is 13.2 Å². The molecule has 0 spiro atoms. The monoisotopic (exact) mass is 339 g/mol. The van der Waals surface area contributed by atoms with Crippen LogP contribution in [0, 0.1) is 0 Å². The topological polar surface area (TPSA) is 49.8 Å². The van der Waals surface area contributed by atoms with Crippen molar-refractivity contribution in [1.82, 2.24) is 4.90 Å². The van der Waals surface area contributed by atoms with Crippen LogP contribution in [0.3, 0.4) is 0 Å². The van der Waals surface area contributed by atoms with Crippen molar-refractivity contribution in [2.24, 2.45) is 0 Å². The Hall–Kier alpha value is -2.53. The van der Waals surface area contributed by atoms with Crippen LogP contribution in [-0.4, -0.2) is 29.1 Å². The van der Waals surface area contributed by atoms with Gasteiger partial charge in [0.2, 0.25) is 5.91 Å². The van der Waals surface area contributed by atoms with E-state index in [9.17, 15) is 9.90 Å². The van der Waals surface area contributed by atoms with Gasteiger partial charge in [-0.05, 0) is 29.1 Å². The average molecular weight is 339 g/mol. The number of hydrogen-bond donors (Lipinski definition) is 1. The van der Waals surface area contributed by atoms with Crippen molar-refractivity contribution in [3.05, 3.63) is 47.3 Å². The van der Waals surface area contributed by atoms with Crippen molar-refractivity contribution in [1.29, 1.82) is 0 Å². The molecule has 0 unspecified atom stereocenters. The fourth-order valence-corrected chi connectivity index (χ4v) is 4.09. The van der Waals surface area contributed by atoms with E-state index < -0.39 is 0 Å². The summed E-state index contributed by atoms with van der Waals surface area (Å²) in [5.74, 6) is 0.627. The Kier molecular flexibility index (Phi) is 3.65. The summed E-state index contributed by atoms with van der Waals surface area (Å²) in [7, 11) is 0. The third-order valence-corrected chi connectivity index (χ3v) is 5.32. The predicted octanol–water partition coefficient (Wildman–Crippen LogP) is 4.01. The van der Waals surface area contributed by atoms with Crippen molar-refractivity contribution in [2.45, 2.75) is 13.5 Å². The minimum Gasteiger partial charge on any atom is -0.504 e. The standard InChI is InChI=1S/C19H17NO3S/c1-12(21)20-6-7-23-19-14(10-20)8-13(9-17(19)22)16-11-24-18-5-3-2-4-15(16)18/h2-5,8-9,11,22H,6-7,10H2,1H3. The lowest BCUT2D eigenvalue weighted by Gasteiger charge is -2.17. The summed E-state index contributed by atoms with van der Waals surface area (Å²) >= 11 is 1.68. The van der Waals surface area contributed by atoms with Crippen LogP contribution in [0.25, 0.3) is 21.2 Å². The number of carbonyl (C=O) groups excluding carboxylic acids is 1. The molecule has 5 heteroatoms. The molecule has 2 aromatic carbocycles. The van der Waals surface area contributed by atoms with E-state index in [2.05, 4.69) is 17.5 Å². The summed E-state index contributed by atoms with van der Waals surface area (Å²) in [5, 5.41) is 13.7. The van der Waals surface area contributed by atoms with E-state index >= 15 is 0 Å². The van der Waals surface area contributed by atoms with Gasteiger partial charge in [-0.3, -0.25) is 4.79 Å². The second-order valence-electron chi connectivity index (χ2n) is 5.92. The maximum Gasteiger partial charge on any atom is 0.219 e. The number of carbonyl (C=O) groups is 1. The van der Waals surface area contributed by atoms with Gasteiger partial charge in [-0.2, -0.15) is 0 Å². The molecule has 1 aromatic heterocycles. The summed E-state index contributed by atoms with van der Waals surface area (Å²) in [5.41, 5.74) is 2.87. The highest BCUT2D eigenvalue weighted by Gasteiger charge is 2.21. The van der Waals surface area contributed by atoms with E-state index in [4.69, 9.17) is 4.74 Å². The normalized spacial score (nSPS) is 14.1. The molecule has 4 nitrogen and oxygen atoms in total. The molecule has 0 aliphatic carbocycles. The van der Waals surface area contributed by atoms with E-state index in [1.807, 2.05) is 18.2 Å². The first-order valence-electron chi connectivity index (χ1n) is 7.84. The van der Waals surface area contributed by atoms with Crippen LogP contribution in [0.5, 0.6) is 11.5 Å². The average Bonchev–Trinajstić information content (AvgIpc) is 2.87. The van der Waals surface area contributed by atoms with Gasteiger partial charge in [0.15, 0.2) is 11.5 Å². The lowest BCUT2D eigenvalue weighted by Crippen LogP contribution is -2.30. The number of aromatic hydroxyl groups is 1. The SMILES string of the molecule is CC(=O)N1CCOc2c(O)cc(-c3csc4ccccc34)cc2C1. The molecule has 0 radical (unpaired) electrons. The quantitative estimate of drug-likeness (QED) is 0.729. The van der Waals surface area contributed by atoms with Gasteiger partial charge in [0.05, 0.1) is 6.54 Å². The minimum absolute atomic E-state index is 0.0114. The van der Waals surface area contributed by atoms with Crippen LogP contribution < -0.4 is 4.74 Å². The van der Waals surface area contributed by atoms with Gasteiger partial charge in [0.1, 0.15) is 6.61 Å². The Balaban J connectivity index is 1.84. The number of ether oxygens (including phenoxy) is 1. The lowest BCUT2D eigenvalue weighted by molar-refractivity contribution is -0.129. The lowest BCUT2D eigenvalue weighted by atomic mass is 10.0. The van der Waals surface area contributed by atoms with Gasteiger partial charge in [-0.25, -0.2) is 0 Å². The third kappa shape index (κ3) is 2.51. The highest BCUT2D eigenvalue weighted by Crippen LogP contribution is 2.41. The smallest absolute Gasteiger partial charge is 0.219 e. The fraction of sp³-hybridized carbons (Fsp3) is 0.211. The number of benzene rings is 2. The highest BCUT2D eigenvalue weighted by molar-refractivity contribution is 7.17. The van der Waals surface area contributed by atoms with E-state index in [1.165, 1.54) is 10.1 Å². The van der Waals surface area contributed by atoms with Crippen LogP contribution in [0.2, 0.25) is 0 Å². The number of hydrogen-bond acceptors (Lipinski definition) is 4. The molecular formula is C19H17NO3S. The fourth-order valence-electron chi connectivity index (χ4n) is 3.12. The molecule has 0 atom stereocenters. The molecule has 3 aromatic rings. The predicted molar refractivity (Wildman–Crippen MR) is 95.5 cm³/mol. The van der Waals surface area contributed by atoms with Gasteiger partial charge < -0.3 is 14.7 Å². The van der Waals surface area contributed by atoms with Crippen molar-refractivity contribution in [3.63, 3.8) is 0 Å². The molecular weight excluding hydrogens is 322 g/mol. The zero-order chi connectivity index (χ0) is 16.7. The summed E-state index contributed by atoms with van der Waals surface area (Å²) in [4.78, 5) is 13.5. The van der Waals surface area contributed by atoms with Crippen LogP contribution >= 0.6 is 11.3 Å². The molecule has 2 heterocycles. The second kappa shape index (κ2) is 5.83. The Morgan fingerprint density at radius 1 is 1.29 bits per heavy atom. The molecule has 0 saturated heterocycles. The number of phenols is 1. The molecule has 1 aliphatic rings. The molecule has 1 N–H and O–H groups in total. The van der Waals surface area contributed by atoms with Crippen molar-refractivity contribution < 1.29 is 14.6 Å². The van der Waals surface area contributed by atoms with Gasteiger partial charge in [0, 0.05) is 34.7 Å². The molecule has 24 heavy (non-hydrogen) atoms. The Bertz CT molecular complexity index is 932. The molecule has 4 rings (SSSR count). The van der Waals surface area contributed by atoms with Gasteiger partial charge in [0.25, 0.3) is 0 Å². The van der Waals surface area contributed by atoms with E-state index in [0.717, 1.165) is 16.7 Å². The maximum atomic E-state index is 11.7. The second-order valence-corrected chi connectivity index (χ2v) is 6.83. The van der Waals surface area contributed by atoms with E-state index in [1.54, 1.807) is 29.2 Å². The number of amides is 1. The summed E-state index contributed by atoms with van der Waals surface area (Å²) in [6.45, 7) is 2.93. The van der Waals surface area contributed by atoms with Crippen LogP contribution in [0.4, 0.5) is 0 Å². The zero-order valence-electron chi connectivity index (χ0n) is 13.3. The molecule has 1 amide bonds. The Labute approximate surface area is 143 Å². The summed E-state index contributed by atoms with van der Waals surface area (Å²) in [6, 6.07) is 12.0. The number of nitrogens with zero attached hydrogens (tertiary/aromatic N) is 1. The van der Waals surface area contributed by atoms with Crippen LogP contribution in [-0.2, 0) is 11.3 Å². The highest BCUT2D eigenvalue weighted by atomic mass is 32.1. The first-order valence-corrected chi connectivity index (χ1v) is 8.72. The summed E-state index contributed by atoms with van der Waals surface area (Å²) < 4.78 is 6.89. The number of thiophene rings is 1. The van der Waals surface area contributed by atoms with E-state index in [0.29, 0.717) is 25.4 Å². The Morgan fingerprint density at radius 2 is 2.12 bits per heavy atom. The molecule has 0 saturated carbocycles. The van der Waals surface area contributed by atoms with Crippen molar-refractivity contribution >= 4 is 27.3 Å². The molecule has 0 bridgehead atoms. The third-order valence-electron chi connectivity index (χ3n) is 4.35. The summed E-state index contributed by atoms with van der Waals surface area (Å²) in [6.07, 6.45) is 0. The molecule has 1 aliphatic heterocycles. The zero-order valence-corrected chi connectivity index (χ0v) is 14.1. The number of rotatable bonds is 1. The van der Waals surface area contributed by atoms with Gasteiger partial charge in [-0.15, -0.1) is 11.3 Å². The molecule has 0 fully saturated rings. The van der Waals surface area contributed by atoms with E-state index in [-0.39, 0.29) is 11.7 Å². The Morgan fingerprint density at radius 3 is 2.96 bits per heavy atom. The number of fused-ring (bicyclic) bond motifs is 2. The largest absolute Gasteiger partial charge is 0.504 e. The van der Waals surface area contributed by atoms with Crippen LogP contribution in [0.15, 0.2) is 41.8 Å². The first-order chi connectivity index (χ1) is 11.6. The minimum atomic E-state index is 0.0114. The number of phenolic OH excluding ortho intramolecular Hbond substituents is 1. The van der Waals surface area contributed by atoms with Crippen LogP contribution in [0.1, 0.15) is 12.5 Å².